The molecule has 0 saturated heterocycles. The third-order valence-corrected chi connectivity index (χ3v) is 3.58. The fraction of sp³-hybridized carbons (Fsp3) is 0.333. The third-order valence-electron chi connectivity index (χ3n) is 2.91. The Morgan fingerprint density at radius 1 is 1.36 bits per heavy atom. The molecule has 0 fully saturated rings. The van der Waals surface area contributed by atoms with Crippen LogP contribution in [0.2, 0.25) is 0 Å². The normalized spacial score (nSPS) is 23.5. The van der Waals surface area contributed by atoms with E-state index in [1.54, 1.807) is 0 Å². The highest BCUT2D eigenvalue weighted by atomic mass is 79.9. The fourth-order valence-corrected chi connectivity index (χ4v) is 2.85. The van der Waals surface area contributed by atoms with Gasteiger partial charge in [0.05, 0.1) is 0 Å². The summed E-state index contributed by atoms with van der Waals surface area (Å²) >= 11 is 3.59. The molecule has 0 N–H and O–H groups in total. The number of allylic oxidation sites excluding steroid dienone is 1. The molecule has 0 saturated carbocycles. The van der Waals surface area contributed by atoms with Gasteiger partial charge in [-0.2, -0.15) is 0 Å². The van der Waals surface area contributed by atoms with E-state index < -0.39 is 0 Å². The predicted molar refractivity (Wildman–Crippen MR) is 60.4 cm³/mol. The van der Waals surface area contributed by atoms with Crippen molar-refractivity contribution >= 4 is 21.5 Å². The largest absolute Gasteiger partial charge is 0.485 e. The van der Waals surface area contributed by atoms with E-state index in [1.165, 1.54) is 24.0 Å². The summed E-state index contributed by atoms with van der Waals surface area (Å²) in [6.45, 7) is 0. The Morgan fingerprint density at radius 2 is 2.29 bits per heavy atom. The molecule has 1 aromatic rings. The van der Waals surface area contributed by atoms with Gasteiger partial charge < -0.3 is 4.74 Å². The molecule has 0 radical (unpaired) electrons. The maximum absolute atomic E-state index is 5.89. The van der Waals surface area contributed by atoms with Crippen LogP contribution in [0.5, 0.6) is 5.75 Å². The molecule has 1 unspecified atom stereocenters. The molecule has 1 aliphatic carbocycles. The molecule has 2 heteroatoms. The summed E-state index contributed by atoms with van der Waals surface area (Å²) in [5.74, 6) is 1.04. The first-order chi connectivity index (χ1) is 6.86. The molecule has 0 spiro atoms. The van der Waals surface area contributed by atoms with E-state index in [1.807, 2.05) is 6.07 Å². The van der Waals surface area contributed by atoms with Crippen LogP contribution < -0.4 is 4.74 Å². The van der Waals surface area contributed by atoms with Crippen molar-refractivity contribution in [3.05, 3.63) is 34.3 Å². The molecule has 0 bridgehead atoms. The Bertz CT molecular complexity index is 409. The van der Waals surface area contributed by atoms with Gasteiger partial charge in [0.2, 0.25) is 0 Å². The van der Waals surface area contributed by atoms with Crippen LogP contribution in [0.15, 0.2) is 28.7 Å². The van der Waals surface area contributed by atoms with Crippen molar-refractivity contribution in [3.8, 4) is 5.75 Å². The lowest BCUT2D eigenvalue weighted by molar-refractivity contribution is 0.257. The highest BCUT2D eigenvalue weighted by Crippen LogP contribution is 2.45. The molecular formula is C12H11BrO. The summed E-state index contributed by atoms with van der Waals surface area (Å²) in [5.41, 5.74) is 2.66. The molecule has 1 heterocycles. The van der Waals surface area contributed by atoms with E-state index in [4.69, 9.17) is 4.74 Å². The van der Waals surface area contributed by atoms with Crippen molar-refractivity contribution < 1.29 is 4.74 Å². The Kier molecular flexibility index (Phi) is 1.91. The standard InChI is InChI=1S/C12H11BrO/c13-9-5-3-7-11-12(9)8-4-1-2-6-10(8)14-11/h3-5,7,10H,1-2,6H2. The molecule has 0 aromatic heterocycles. The highest BCUT2D eigenvalue weighted by Gasteiger charge is 2.31. The van der Waals surface area contributed by atoms with Crippen LogP contribution in [0.4, 0.5) is 0 Å². The smallest absolute Gasteiger partial charge is 0.129 e. The van der Waals surface area contributed by atoms with Gasteiger partial charge in [-0.15, -0.1) is 0 Å². The molecule has 2 aliphatic rings. The average Bonchev–Trinajstić information content (AvgIpc) is 2.57. The highest BCUT2D eigenvalue weighted by molar-refractivity contribution is 9.10. The number of rotatable bonds is 0. The van der Waals surface area contributed by atoms with Crippen molar-refractivity contribution in [1.29, 1.82) is 0 Å². The zero-order valence-corrected chi connectivity index (χ0v) is 9.38. The van der Waals surface area contributed by atoms with Crippen molar-refractivity contribution in [2.24, 2.45) is 0 Å². The molecule has 14 heavy (non-hydrogen) atoms. The van der Waals surface area contributed by atoms with E-state index >= 15 is 0 Å². The SMILES string of the molecule is Brc1cccc2c1C1=CCCCC1O2. The topological polar surface area (TPSA) is 9.23 Å². The van der Waals surface area contributed by atoms with Gasteiger partial charge in [-0.3, -0.25) is 0 Å². The van der Waals surface area contributed by atoms with Crippen molar-refractivity contribution in [1.82, 2.24) is 0 Å². The first-order valence-electron chi connectivity index (χ1n) is 5.02. The summed E-state index contributed by atoms with van der Waals surface area (Å²) in [6.07, 6.45) is 6.24. The maximum atomic E-state index is 5.89. The van der Waals surface area contributed by atoms with Gasteiger partial charge in [0.25, 0.3) is 0 Å². The first-order valence-corrected chi connectivity index (χ1v) is 5.81. The number of hydrogen-bond donors (Lipinski definition) is 0. The summed E-state index contributed by atoms with van der Waals surface area (Å²) < 4.78 is 7.05. The lowest BCUT2D eigenvalue weighted by atomic mass is 9.93. The quantitative estimate of drug-likeness (QED) is 0.681. The van der Waals surface area contributed by atoms with Gasteiger partial charge in [0.1, 0.15) is 11.9 Å². The third kappa shape index (κ3) is 1.13. The van der Waals surface area contributed by atoms with E-state index in [2.05, 4.69) is 34.1 Å². The Morgan fingerprint density at radius 3 is 3.21 bits per heavy atom. The summed E-state index contributed by atoms with van der Waals surface area (Å²) in [4.78, 5) is 0. The van der Waals surface area contributed by atoms with Gasteiger partial charge in [-0.1, -0.05) is 28.1 Å². The number of halogens is 1. The molecule has 1 atom stereocenters. The van der Waals surface area contributed by atoms with Crippen LogP contribution in [-0.4, -0.2) is 6.10 Å². The maximum Gasteiger partial charge on any atom is 0.129 e. The molecule has 1 nitrogen and oxygen atoms in total. The van der Waals surface area contributed by atoms with Crippen molar-refractivity contribution in [3.63, 3.8) is 0 Å². The Hall–Kier alpha value is -0.760. The molecule has 0 amide bonds. The van der Waals surface area contributed by atoms with Crippen LogP contribution in [0.3, 0.4) is 0 Å². The number of ether oxygens (including phenoxy) is 1. The van der Waals surface area contributed by atoms with Gasteiger partial charge in [0, 0.05) is 15.6 Å². The molecule has 1 aliphatic heterocycles. The van der Waals surface area contributed by atoms with E-state index in [0.29, 0.717) is 6.10 Å². The predicted octanol–water partition coefficient (Wildman–Crippen LogP) is 3.78. The summed E-state index contributed by atoms with van der Waals surface area (Å²) in [6, 6.07) is 6.17. The number of fused-ring (bicyclic) bond motifs is 3. The molecule has 1 aromatic carbocycles. The lowest BCUT2D eigenvalue weighted by Gasteiger charge is -2.16. The number of hydrogen-bond acceptors (Lipinski definition) is 1. The van der Waals surface area contributed by atoms with Crippen LogP contribution in [0, 0.1) is 0 Å². The minimum absolute atomic E-state index is 0.317. The fourth-order valence-electron chi connectivity index (χ4n) is 2.27. The summed E-state index contributed by atoms with van der Waals surface area (Å²) in [7, 11) is 0. The Balaban J connectivity index is 2.18. The minimum atomic E-state index is 0.317. The molecule has 72 valence electrons. The van der Waals surface area contributed by atoms with Crippen LogP contribution in [0.1, 0.15) is 24.8 Å². The van der Waals surface area contributed by atoms with E-state index in [0.717, 1.165) is 16.6 Å². The van der Waals surface area contributed by atoms with Gasteiger partial charge in [0.15, 0.2) is 0 Å². The number of benzene rings is 1. The zero-order chi connectivity index (χ0) is 9.54. The van der Waals surface area contributed by atoms with Gasteiger partial charge >= 0.3 is 0 Å². The van der Waals surface area contributed by atoms with Crippen LogP contribution in [-0.2, 0) is 0 Å². The lowest BCUT2D eigenvalue weighted by Crippen LogP contribution is -2.14. The molecule has 3 rings (SSSR count). The van der Waals surface area contributed by atoms with Crippen molar-refractivity contribution in [2.75, 3.05) is 0 Å². The van der Waals surface area contributed by atoms with Gasteiger partial charge in [-0.25, -0.2) is 0 Å². The molecular weight excluding hydrogens is 240 g/mol. The van der Waals surface area contributed by atoms with Crippen LogP contribution in [0.25, 0.3) is 5.57 Å². The monoisotopic (exact) mass is 250 g/mol. The van der Waals surface area contributed by atoms with E-state index in [9.17, 15) is 0 Å². The average molecular weight is 251 g/mol. The van der Waals surface area contributed by atoms with Crippen LogP contribution >= 0.6 is 15.9 Å². The zero-order valence-electron chi connectivity index (χ0n) is 7.79. The minimum Gasteiger partial charge on any atom is -0.485 e. The summed E-state index contributed by atoms with van der Waals surface area (Å²) in [5, 5.41) is 0. The second-order valence-electron chi connectivity index (χ2n) is 3.81. The second kappa shape index (κ2) is 3.13. The van der Waals surface area contributed by atoms with E-state index in [-0.39, 0.29) is 0 Å². The van der Waals surface area contributed by atoms with Crippen molar-refractivity contribution in [2.45, 2.75) is 25.4 Å². The Labute approximate surface area is 91.9 Å². The van der Waals surface area contributed by atoms with Gasteiger partial charge in [-0.05, 0) is 31.4 Å². The second-order valence-corrected chi connectivity index (χ2v) is 4.66. The first kappa shape index (κ1) is 8.54.